The van der Waals surface area contributed by atoms with Crippen molar-refractivity contribution in [1.29, 1.82) is 0 Å². The molecule has 0 bridgehead atoms. The SMILES string of the molecule is CCNC(=NCC(C)N1CCOCC1)NCCc1cc(Cl)c2c(c1)OCCO2. The van der Waals surface area contributed by atoms with Crippen molar-refractivity contribution in [2.75, 3.05) is 59.2 Å². The topological polar surface area (TPSA) is 67.4 Å². The average molecular weight is 411 g/mol. The van der Waals surface area contributed by atoms with E-state index in [4.69, 9.17) is 30.8 Å². The summed E-state index contributed by atoms with van der Waals surface area (Å²) in [6.45, 7) is 11.3. The van der Waals surface area contributed by atoms with Crippen LogP contribution in [0.15, 0.2) is 17.1 Å². The second-order valence-electron chi connectivity index (χ2n) is 7.00. The standard InChI is InChI=1S/C20H31ClN4O3/c1-3-22-20(24-14-15(2)25-6-8-26-9-7-25)23-5-4-16-12-17(21)19-18(13-16)27-10-11-28-19/h12-13,15H,3-11,14H2,1-2H3,(H2,22,23,24). The molecule has 0 amide bonds. The van der Waals surface area contributed by atoms with Crippen LogP contribution in [0.4, 0.5) is 0 Å². The van der Waals surface area contributed by atoms with E-state index in [2.05, 4.69) is 29.4 Å². The molecule has 28 heavy (non-hydrogen) atoms. The summed E-state index contributed by atoms with van der Waals surface area (Å²) in [5, 5.41) is 7.32. The molecule has 0 spiro atoms. The lowest BCUT2D eigenvalue weighted by atomic mass is 10.1. The second-order valence-corrected chi connectivity index (χ2v) is 7.40. The number of nitrogens with one attached hydrogen (secondary N) is 2. The fourth-order valence-electron chi connectivity index (χ4n) is 3.33. The Balaban J connectivity index is 1.51. The Bertz CT molecular complexity index is 665. The van der Waals surface area contributed by atoms with Gasteiger partial charge in [0.1, 0.15) is 13.2 Å². The molecule has 156 valence electrons. The van der Waals surface area contributed by atoms with Gasteiger partial charge in [-0.25, -0.2) is 0 Å². The molecule has 8 heteroatoms. The fraction of sp³-hybridized carbons (Fsp3) is 0.650. The van der Waals surface area contributed by atoms with Crippen LogP contribution in [-0.2, 0) is 11.2 Å². The van der Waals surface area contributed by atoms with Crippen LogP contribution >= 0.6 is 11.6 Å². The lowest BCUT2D eigenvalue weighted by Gasteiger charge is -2.31. The summed E-state index contributed by atoms with van der Waals surface area (Å²) in [7, 11) is 0. The van der Waals surface area contributed by atoms with Crippen LogP contribution in [0.25, 0.3) is 0 Å². The number of guanidine groups is 1. The number of nitrogens with zero attached hydrogens (tertiary/aromatic N) is 2. The zero-order valence-corrected chi connectivity index (χ0v) is 17.6. The molecule has 2 N–H and O–H groups in total. The maximum absolute atomic E-state index is 6.32. The third kappa shape index (κ3) is 5.90. The van der Waals surface area contributed by atoms with Gasteiger partial charge in [0, 0.05) is 32.2 Å². The van der Waals surface area contributed by atoms with E-state index in [9.17, 15) is 0 Å². The molecule has 0 aliphatic carbocycles. The Labute approximate surface area is 172 Å². The number of aliphatic imine (C=N–C) groups is 1. The number of rotatable bonds is 7. The van der Waals surface area contributed by atoms with E-state index in [1.54, 1.807) is 0 Å². The van der Waals surface area contributed by atoms with Crippen molar-refractivity contribution < 1.29 is 14.2 Å². The van der Waals surface area contributed by atoms with Gasteiger partial charge in [0.2, 0.25) is 0 Å². The van der Waals surface area contributed by atoms with E-state index >= 15 is 0 Å². The smallest absolute Gasteiger partial charge is 0.191 e. The molecule has 0 saturated carbocycles. The van der Waals surface area contributed by atoms with Crippen LogP contribution in [-0.4, -0.2) is 76.1 Å². The van der Waals surface area contributed by atoms with Crippen molar-refractivity contribution in [3.05, 3.63) is 22.7 Å². The Hall–Kier alpha value is -1.70. The highest BCUT2D eigenvalue weighted by Crippen LogP contribution is 2.38. The summed E-state index contributed by atoms with van der Waals surface area (Å²) in [6.07, 6.45) is 0.819. The lowest BCUT2D eigenvalue weighted by Crippen LogP contribution is -2.44. The highest BCUT2D eigenvalue weighted by atomic mass is 35.5. The van der Waals surface area contributed by atoms with Crippen molar-refractivity contribution >= 4 is 17.6 Å². The maximum atomic E-state index is 6.32. The molecule has 7 nitrogen and oxygen atoms in total. The van der Waals surface area contributed by atoms with Crippen LogP contribution in [0.5, 0.6) is 11.5 Å². The molecule has 1 atom stereocenters. The first-order chi connectivity index (χ1) is 13.7. The maximum Gasteiger partial charge on any atom is 0.191 e. The van der Waals surface area contributed by atoms with Crippen molar-refractivity contribution in [1.82, 2.24) is 15.5 Å². The van der Waals surface area contributed by atoms with Crippen molar-refractivity contribution in [3.8, 4) is 11.5 Å². The predicted molar refractivity (Wildman–Crippen MR) is 112 cm³/mol. The van der Waals surface area contributed by atoms with E-state index < -0.39 is 0 Å². The lowest BCUT2D eigenvalue weighted by molar-refractivity contribution is 0.0220. The molecular weight excluding hydrogens is 380 g/mol. The number of hydrogen-bond acceptors (Lipinski definition) is 5. The molecule has 2 aliphatic rings. The summed E-state index contributed by atoms with van der Waals surface area (Å²) < 4.78 is 16.7. The number of halogens is 1. The summed E-state index contributed by atoms with van der Waals surface area (Å²) in [5.74, 6) is 2.22. The molecule has 0 aromatic heterocycles. The van der Waals surface area contributed by atoms with Crippen molar-refractivity contribution in [2.45, 2.75) is 26.3 Å². The molecular formula is C20H31ClN4O3. The summed E-state index contributed by atoms with van der Waals surface area (Å²) >= 11 is 6.32. The van der Waals surface area contributed by atoms with E-state index in [0.29, 0.717) is 30.0 Å². The number of benzene rings is 1. The molecule has 1 unspecified atom stereocenters. The van der Waals surface area contributed by atoms with Gasteiger partial charge in [0.15, 0.2) is 17.5 Å². The zero-order valence-electron chi connectivity index (χ0n) is 16.8. The van der Waals surface area contributed by atoms with Crippen LogP contribution in [0, 0.1) is 0 Å². The molecule has 1 fully saturated rings. The van der Waals surface area contributed by atoms with Crippen molar-refractivity contribution in [3.63, 3.8) is 0 Å². The quantitative estimate of drug-likeness (QED) is 0.529. The van der Waals surface area contributed by atoms with Gasteiger partial charge in [0.05, 0.1) is 24.8 Å². The zero-order chi connectivity index (χ0) is 19.8. The van der Waals surface area contributed by atoms with Crippen LogP contribution in [0.3, 0.4) is 0 Å². The molecule has 1 aromatic carbocycles. The first-order valence-corrected chi connectivity index (χ1v) is 10.5. The van der Waals surface area contributed by atoms with Crippen molar-refractivity contribution in [2.24, 2.45) is 4.99 Å². The van der Waals surface area contributed by atoms with Gasteiger partial charge in [-0.2, -0.15) is 0 Å². The Morgan fingerprint density at radius 2 is 1.96 bits per heavy atom. The van der Waals surface area contributed by atoms with Gasteiger partial charge >= 0.3 is 0 Å². The highest BCUT2D eigenvalue weighted by Gasteiger charge is 2.17. The summed E-state index contributed by atoms with van der Waals surface area (Å²) in [4.78, 5) is 7.17. The van der Waals surface area contributed by atoms with Crippen LogP contribution in [0.1, 0.15) is 19.4 Å². The minimum absolute atomic E-state index is 0.399. The fourth-order valence-corrected chi connectivity index (χ4v) is 3.62. The summed E-state index contributed by atoms with van der Waals surface area (Å²) in [5.41, 5.74) is 1.11. The third-order valence-electron chi connectivity index (χ3n) is 4.89. The predicted octanol–water partition coefficient (Wildman–Crippen LogP) is 1.93. The van der Waals surface area contributed by atoms with E-state index in [1.165, 1.54) is 0 Å². The van der Waals surface area contributed by atoms with E-state index in [0.717, 1.165) is 69.6 Å². The molecule has 0 radical (unpaired) electrons. The Kier molecular flexibility index (Phi) is 8.06. The van der Waals surface area contributed by atoms with Gasteiger partial charge < -0.3 is 24.8 Å². The molecule has 3 rings (SSSR count). The van der Waals surface area contributed by atoms with E-state index in [-0.39, 0.29) is 0 Å². The minimum atomic E-state index is 0.399. The first kappa shape index (κ1) is 21.0. The summed E-state index contributed by atoms with van der Waals surface area (Å²) in [6, 6.07) is 4.35. The number of hydrogen-bond donors (Lipinski definition) is 2. The van der Waals surface area contributed by atoms with Gasteiger partial charge in [-0.3, -0.25) is 9.89 Å². The normalized spacial score (nSPS) is 18.6. The van der Waals surface area contributed by atoms with E-state index in [1.807, 2.05) is 12.1 Å². The Morgan fingerprint density at radius 1 is 1.18 bits per heavy atom. The van der Waals surface area contributed by atoms with Crippen LogP contribution in [0.2, 0.25) is 5.02 Å². The van der Waals surface area contributed by atoms with Crippen LogP contribution < -0.4 is 20.1 Å². The molecule has 1 saturated heterocycles. The Morgan fingerprint density at radius 3 is 2.75 bits per heavy atom. The van der Waals surface area contributed by atoms with Gasteiger partial charge in [-0.15, -0.1) is 0 Å². The largest absolute Gasteiger partial charge is 0.486 e. The molecule has 1 aromatic rings. The third-order valence-corrected chi connectivity index (χ3v) is 5.17. The van der Waals surface area contributed by atoms with Gasteiger partial charge in [-0.05, 0) is 38.0 Å². The minimum Gasteiger partial charge on any atom is -0.486 e. The monoisotopic (exact) mass is 410 g/mol. The number of ether oxygens (including phenoxy) is 3. The van der Waals surface area contributed by atoms with Gasteiger partial charge in [0.25, 0.3) is 0 Å². The first-order valence-electron chi connectivity index (χ1n) is 10.1. The number of fused-ring (bicyclic) bond motifs is 1. The second kappa shape index (κ2) is 10.7. The number of morpholine rings is 1. The molecule has 2 aliphatic heterocycles. The van der Waals surface area contributed by atoms with Gasteiger partial charge in [-0.1, -0.05) is 11.6 Å². The highest BCUT2D eigenvalue weighted by molar-refractivity contribution is 6.32. The average Bonchev–Trinajstić information content (AvgIpc) is 2.72. The molecule has 2 heterocycles.